The predicted octanol–water partition coefficient (Wildman–Crippen LogP) is 1.47. The Labute approximate surface area is 125 Å². The van der Waals surface area contributed by atoms with Gasteiger partial charge in [-0.3, -0.25) is 0 Å². The Morgan fingerprint density at radius 1 is 1.40 bits per heavy atom. The van der Waals surface area contributed by atoms with Crippen LogP contribution >= 0.6 is 15.9 Å². The second-order valence-corrected chi connectivity index (χ2v) is 5.64. The lowest BCUT2D eigenvalue weighted by Crippen LogP contribution is -2.38. The van der Waals surface area contributed by atoms with Gasteiger partial charge in [-0.25, -0.2) is 9.97 Å². The van der Waals surface area contributed by atoms with E-state index in [0.717, 1.165) is 42.0 Å². The molecule has 0 aliphatic carbocycles. The molecule has 1 fully saturated rings. The zero-order chi connectivity index (χ0) is 13.9. The number of ether oxygens (including phenoxy) is 1. The highest BCUT2D eigenvalue weighted by Gasteiger charge is 2.22. The summed E-state index contributed by atoms with van der Waals surface area (Å²) in [7, 11) is 0. The first-order valence-electron chi connectivity index (χ1n) is 6.74. The highest BCUT2D eigenvalue weighted by atomic mass is 79.9. The topological polar surface area (TPSA) is 62.9 Å². The van der Waals surface area contributed by atoms with E-state index in [1.807, 2.05) is 16.8 Å². The van der Waals surface area contributed by atoms with E-state index >= 15 is 0 Å². The largest absolute Gasteiger partial charge is 0.394 e. The molecule has 1 saturated heterocycles. The third-order valence-electron chi connectivity index (χ3n) is 3.51. The standard InChI is InChI=1S/C13H17BrN4O2/c14-11-9-18-6-3-15-12(18)13(16-11)17-4-1-10(2-5-17)20-8-7-19/h3,6,9-10,19H,1-2,4-5,7-8H2. The molecule has 3 rings (SSSR count). The number of nitrogens with zero attached hydrogens (tertiary/aromatic N) is 4. The highest BCUT2D eigenvalue weighted by Crippen LogP contribution is 2.25. The minimum atomic E-state index is 0.0854. The lowest BCUT2D eigenvalue weighted by atomic mass is 10.1. The van der Waals surface area contributed by atoms with Gasteiger partial charge in [0.05, 0.1) is 19.3 Å². The van der Waals surface area contributed by atoms with Gasteiger partial charge >= 0.3 is 0 Å². The fourth-order valence-corrected chi connectivity index (χ4v) is 2.94. The maximum atomic E-state index is 8.79. The number of imidazole rings is 1. The van der Waals surface area contributed by atoms with Gasteiger partial charge < -0.3 is 19.1 Å². The number of anilines is 1. The highest BCUT2D eigenvalue weighted by molar-refractivity contribution is 9.10. The normalized spacial score (nSPS) is 17.0. The molecule has 0 bridgehead atoms. The van der Waals surface area contributed by atoms with Crippen molar-refractivity contribution in [1.29, 1.82) is 0 Å². The average Bonchev–Trinajstić information content (AvgIpc) is 2.93. The molecule has 0 saturated carbocycles. The van der Waals surface area contributed by atoms with E-state index in [0.29, 0.717) is 6.61 Å². The lowest BCUT2D eigenvalue weighted by Gasteiger charge is -2.32. The lowest BCUT2D eigenvalue weighted by molar-refractivity contribution is 0.0158. The summed E-state index contributed by atoms with van der Waals surface area (Å²) in [5.41, 5.74) is 0.878. The number of piperidine rings is 1. The molecule has 0 spiro atoms. The number of aliphatic hydroxyl groups is 1. The van der Waals surface area contributed by atoms with E-state index in [-0.39, 0.29) is 12.7 Å². The summed E-state index contributed by atoms with van der Waals surface area (Å²) in [4.78, 5) is 11.2. The molecule has 0 aromatic carbocycles. The predicted molar refractivity (Wildman–Crippen MR) is 79.0 cm³/mol. The van der Waals surface area contributed by atoms with Crippen LogP contribution in [-0.4, -0.2) is 51.9 Å². The maximum absolute atomic E-state index is 8.79. The number of fused-ring (bicyclic) bond motifs is 1. The van der Waals surface area contributed by atoms with Crippen LogP contribution in [0.2, 0.25) is 0 Å². The molecule has 3 heterocycles. The summed E-state index contributed by atoms with van der Waals surface area (Å²) in [6.07, 6.45) is 7.73. The first-order chi connectivity index (χ1) is 9.78. The average molecular weight is 341 g/mol. The van der Waals surface area contributed by atoms with E-state index in [1.165, 1.54) is 0 Å². The van der Waals surface area contributed by atoms with Crippen LogP contribution in [0.1, 0.15) is 12.8 Å². The van der Waals surface area contributed by atoms with Gasteiger partial charge in [-0.1, -0.05) is 0 Å². The van der Waals surface area contributed by atoms with E-state index < -0.39 is 0 Å². The number of hydrogen-bond acceptors (Lipinski definition) is 5. The van der Waals surface area contributed by atoms with Crippen molar-refractivity contribution in [3.05, 3.63) is 23.2 Å². The van der Waals surface area contributed by atoms with Crippen molar-refractivity contribution in [3.63, 3.8) is 0 Å². The van der Waals surface area contributed by atoms with Crippen LogP contribution in [0.3, 0.4) is 0 Å². The fourth-order valence-electron chi connectivity index (χ4n) is 2.55. The molecule has 6 nitrogen and oxygen atoms in total. The third kappa shape index (κ3) is 2.79. The van der Waals surface area contributed by atoms with Crippen molar-refractivity contribution in [3.8, 4) is 0 Å². The van der Waals surface area contributed by atoms with Crippen molar-refractivity contribution in [2.75, 3.05) is 31.2 Å². The molecule has 1 aliphatic rings. The van der Waals surface area contributed by atoms with Gasteiger partial charge in [0.2, 0.25) is 0 Å². The molecule has 108 valence electrons. The number of rotatable bonds is 4. The van der Waals surface area contributed by atoms with E-state index in [2.05, 4.69) is 30.8 Å². The summed E-state index contributed by atoms with van der Waals surface area (Å²) in [5, 5.41) is 8.79. The van der Waals surface area contributed by atoms with Crippen LogP contribution in [0.15, 0.2) is 23.2 Å². The van der Waals surface area contributed by atoms with Gasteiger partial charge in [0, 0.05) is 31.7 Å². The minimum absolute atomic E-state index is 0.0854. The Bertz CT molecular complexity index is 581. The molecule has 20 heavy (non-hydrogen) atoms. The summed E-state index contributed by atoms with van der Waals surface area (Å²) in [6, 6.07) is 0. The zero-order valence-corrected chi connectivity index (χ0v) is 12.7. The van der Waals surface area contributed by atoms with Gasteiger partial charge in [0.25, 0.3) is 0 Å². The van der Waals surface area contributed by atoms with Crippen LogP contribution in [0.25, 0.3) is 5.65 Å². The second-order valence-electron chi connectivity index (χ2n) is 4.83. The van der Waals surface area contributed by atoms with E-state index in [4.69, 9.17) is 9.84 Å². The fraction of sp³-hybridized carbons (Fsp3) is 0.538. The maximum Gasteiger partial charge on any atom is 0.180 e. The number of hydrogen-bond donors (Lipinski definition) is 1. The van der Waals surface area contributed by atoms with Crippen molar-refractivity contribution in [2.45, 2.75) is 18.9 Å². The van der Waals surface area contributed by atoms with Gasteiger partial charge in [-0.15, -0.1) is 0 Å². The molecule has 0 amide bonds. The SMILES string of the molecule is OCCOC1CCN(c2nc(Br)cn3ccnc23)CC1. The van der Waals surface area contributed by atoms with E-state index in [1.54, 1.807) is 6.20 Å². The Balaban J connectivity index is 1.75. The number of halogens is 1. The smallest absolute Gasteiger partial charge is 0.180 e. The Kier molecular flexibility index (Phi) is 4.18. The van der Waals surface area contributed by atoms with Crippen LogP contribution < -0.4 is 4.90 Å². The van der Waals surface area contributed by atoms with Crippen molar-refractivity contribution >= 4 is 27.4 Å². The minimum Gasteiger partial charge on any atom is -0.394 e. The molecule has 1 N–H and O–H groups in total. The van der Waals surface area contributed by atoms with Gasteiger partial charge in [0.1, 0.15) is 4.60 Å². The van der Waals surface area contributed by atoms with Crippen LogP contribution in [0.5, 0.6) is 0 Å². The second kappa shape index (κ2) is 6.07. The summed E-state index contributed by atoms with van der Waals surface area (Å²) >= 11 is 3.44. The van der Waals surface area contributed by atoms with Gasteiger partial charge in [0.15, 0.2) is 11.5 Å². The molecular weight excluding hydrogens is 324 g/mol. The van der Waals surface area contributed by atoms with Crippen LogP contribution in [0, 0.1) is 0 Å². The third-order valence-corrected chi connectivity index (χ3v) is 3.90. The molecule has 0 atom stereocenters. The molecule has 0 unspecified atom stereocenters. The van der Waals surface area contributed by atoms with Crippen LogP contribution in [-0.2, 0) is 4.74 Å². The number of aliphatic hydroxyl groups excluding tert-OH is 1. The Morgan fingerprint density at radius 2 is 2.20 bits per heavy atom. The summed E-state index contributed by atoms with van der Waals surface area (Å²) < 4.78 is 8.36. The molecule has 0 radical (unpaired) electrons. The van der Waals surface area contributed by atoms with Crippen LogP contribution in [0.4, 0.5) is 5.82 Å². The monoisotopic (exact) mass is 340 g/mol. The van der Waals surface area contributed by atoms with Gasteiger partial charge in [-0.05, 0) is 28.8 Å². The molecular formula is C13H17BrN4O2. The van der Waals surface area contributed by atoms with E-state index in [9.17, 15) is 0 Å². The van der Waals surface area contributed by atoms with Gasteiger partial charge in [-0.2, -0.15) is 0 Å². The Morgan fingerprint density at radius 3 is 2.95 bits per heavy atom. The summed E-state index contributed by atoms with van der Waals surface area (Å²) in [5.74, 6) is 0.907. The molecule has 2 aromatic heterocycles. The van der Waals surface area contributed by atoms with Crippen molar-refractivity contribution in [1.82, 2.24) is 14.4 Å². The summed E-state index contributed by atoms with van der Waals surface area (Å²) in [6.45, 7) is 2.29. The number of aromatic nitrogens is 3. The first kappa shape index (κ1) is 13.8. The molecule has 7 heteroatoms. The quantitative estimate of drug-likeness (QED) is 0.913. The zero-order valence-electron chi connectivity index (χ0n) is 11.1. The first-order valence-corrected chi connectivity index (χ1v) is 7.54. The Hall–Kier alpha value is -1.18. The van der Waals surface area contributed by atoms with Crippen molar-refractivity contribution in [2.24, 2.45) is 0 Å². The van der Waals surface area contributed by atoms with Crippen molar-refractivity contribution < 1.29 is 9.84 Å². The molecule has 1 aliphatic heterocycles. The molecule has 2 aromatic rings.